The minimum absolute atomic E-state index is 0.106. The number of aryl methyl sites for hydroxylation is 1. The average molecular weight is 343 g/mol. The van der Waals surface area contributed by atoms with Crippen LogP contribution in [0.15, 0.2) is 66.9 Å². The molecule has 0 bridgehead atoms. The van der Waals surface area contributed by atoms with Crippen LogP contribution in [0.3, 0.4) is 0 Å². The molecule has 0 saturated heterocycles. The molecule has 6 heteroatoms. The van der Waals surface area contributed by atoms with Crippen molar-refractivity contribution in [2.75, 3.05) is 0 Å². The maximum absolute atomic E-state index is 12.4. The van der Waals surface area contributed by atoms with Crippen molar-refractivity contribution in [3.05, 3.63) is 83.6 Å². The molecule has 2 aromatic carbocycles. The summed E-state index contributed by atoms with van der Waals surface area (Å²) in [4.78, 5) is 16.8. The van der Waals surface area contributed by atoms with Crippen molar-refractivity contribution in [1.82, 2.24) is 25.3 Å². The molecule has 2 heterocycles. The van der Waals surface area contributed by atoms with Crippen LogP contribution < -0.4 is 5.32 Å². The van der Waals surface area contributed by atoms with Crippen molar-refractivity contribution < 1.29 is 4.79 Å². The zero-order valence-electron chi connectivity index (χ0n) is 14.3. The van der Waals surface area contributed by atoms with E-state index < -0.39 is 0 Å². The van der Waals surface area contributed by atoms with Crippen LogP contribution in [0.5, 0.6) is 0 Å². The molecule has 0 spiro atoms. The molecule has 0 unspecified atom stereocenters. The lowest BCUT2D eigenvalue weighted by molar-refractivity contribution is 0.0951. The van der Waals surface area contributed by atoms with Crippen molar-refractivity contribution in [3.63, 3.8) is 0 Å². The Morgan fingerprint density at radius 3 is 2.73 bits per heavy atom. The Hall–Kier alpha value is -3.54. The van der Waals surface area contributed by atoms with Gasteiger partial charge in [-0.25, -0.2) is 4.98 Å². The van der Waals surface area contributed by atoms with Crippen molar-refractivity contribution in [3.8, 4) is 5.69 Å². The number of benzene rings is 2. The zero-order valence-corrected chi connectivity index (χ0v) is 14.3. The molecule has 4 aromatic rings. The summed E-state index contributed by atoms with van der Waals surface area (Å²) in [5.74, 6) is -0.106. The van der Waals surface area contributed by atoms with Gasteiger partial charge in [0.15, 0.2) is 5.65 Å². The summed E-state index contributed by atoms with van der Waals surface area (Å²) in [6.07, 6.45) is 1.71. The first-order chi connectivity index (χ1) is 12.7. The molecule has 26 heavy (non-hydrogen) atoms. The van der Waals surface area contributed by atoms with Gasteiger partial charge in [-0.2, -0.15) is 4.68 Å². The highest BCUT2D eigenvalue weighted by atomic mass is 16.1. The Morgan fingerprint density at radius 1 is 1.08 bits per heavy atom. The number of nitrogens with one attached hydrogen (secondary N) is 1. The van der Waals surface area contributed by atoms with Gasteiger partial charge in [0, 0.05) is 18.3 Å². The second kappa shape index (κ2) is 6.76. The number of carbonyl (C=O) groups excluding carboxylic acids is 1. The van der Waals surface area contributed by atoms with Crippen LogP contribution in [0.4, 0.5) is 0 Å². The second-order valence-electron chi connectivity index (χ2n) is 6.02. The highest BCUT2D eigenvalue weighted by Crippen LogP contribution is 2.19. The van der Waals surface area contributed by atoms with E-state index in [1.165, 1.54) is 0 Å². The van der Waals surface area contributed by atoms with E-state index in [0.717, 1.165) is 22.3 Å². The molecule has 2 aromatic heterocycles. The Kier molecular flexibility index (Phi) is 4.15. The number of fused-ring (bicyclic) bond motifs is 1. The fourth-order valence-corrected chi connectivity index (χ4v) is 2.84. The molecule has 1 N–H and O–H groups in total. The van der Waals surface area contributed by atoms with Gasteiger partial charge >= 0.3 is 0 Å². The first-order valence-electron chi connectivity index (χ1n) is 8.32. The van der Waals surface area contributed by atoms with Gasteiger partial charge in [0.25, 0.3) is 5.91 Å². The normalized spacial score (nSPS) is 10.8. The molecule has 0 aliphatic heterocycles. The largest absolute Gasteiger partial charge is 0.348 e. The third kappa shape index (κ3) is 3.04. The Balaban J connectivity index is 1.57. The lowest BCUT2D eigenvalue weighted by Gasteiger charge is -2.09. The van der Waals surface area contributed by atoms with Gasteiger partial charge in [0.2, 0.25) is 0 Å². The molecule has 6 nitrogen and oxygen atoms in total. The average Bonchev–Trinajstić information content (AvgIpc) is 3.11. The number of amides is 1. The summed E-state index contributed by atoms with van der Waals surface area (Å²) in [5, 5.41) is 11.2. The van der Waals surface area contributed by atoms with Gasteiger partial charge in [-0.15, -0.1) is 5.10 Å². The molecule has 0 atom stereocenters. The molecule has 128 valence electrons. The maximum Gasteiger partial charge on any atom is 0.251 e. The van der Waals surface area contributed by atoms with Crippen LogP contribution in [0, 0.1) is 6.92 Å². The van der Waals surface area contributed by atoms with Gasteiger partial charge in [0.05, 0.1) is 5.69 Å². The van der Waals surface area contributed by atoms with E-state index in [1.54, 1.807) is 16.9 Å². The van der Waals surface area contributed by atoms with E-state index in [4.69, 9.17) is 0 Å². The maximum atomic E-state index is 12.4. The quantitative estimate of drug-likeness (QED) is 0.618. The third-order valence-corrected chi connectivity index (χ3v) is 4.19. The fraction of sp³-hybridized carbons (Fsp3) is 0.100. The number of nitrogens with zero attached hydrogens (tertiary/aromatic N) is 4. The SMILES string of the molecule is Cc1cc(C(=O)NCc2ccccc2)ccc1-n1nnc2cccnc21. The van der Waals surface area contributed by atoms with E-state index in [9.17, 15) is 4.79 Å². The number of pyridine rings is 1. The fourth-order valence-electron chi connectivity index (χ4n) is 2.84. The molecule has 1 amide bonds. The van der Waals surface area contributed by atoms with Gasteiger partial charge in [0.1, 0.15) is 5.52 Å². The molecule has 4 rings (SSSR count). The Morgan fingerprint density at radius 2 is 1.92 bits per heavy atom. The number of aromatic nitrogens is 4. The Labute approximate surface area is 150 Å². The summed E-state index contributed by atoms with van der Waals surface area (Å²) in [6, 6.07) is 19.0. The van der Waals surface area contributed by atoms with Gasteiger partial charge in [-0.3, -0.25) is 4.79 Å². The third-order valence-electron chi connectivity index (χ3n) is 4.19. The van der Waals surface area contributed by atoms with Crippen LogP contribution in [-0.4, -0.2) is 25.9 Å². The molecule has 0 fully saturated rings. The molecule has 0 saturated carbocycles. The number of hydrogen-bond donors (Lipinski definition) is 1. The first-order valence-corrected chi connectivity index (χ1v) is 8.32. The first kappa shape index (κ1) is 16.0. The zero-order chi connectivity index (χ0) is 17.9. The minimum atomic E-state index is -0.106. The highest BCUT2D eigenvalue weighted by Gasteiger charge is 2.12. The summed E-state index contributed by atoms with van der Waals surface area (Å²) in [5.41, 5.74) is 4.88. The summed E-state index contributed by atoms with van der Waals surface area (Å²) in [6.45, 7) is 2.44. The second-order valence-corrected chi connectivity index (χ2v) is 6.02. The van der Waals surface area contributed by atoms with Crippen LogP contribution in [0.2, 0.25) is 0 Å². The topological polar surface area (TPSA) is 72.7 Å². The van der Waals surface area contributed by atoms with E-state index in [-0.39, 0.29) is 5.91 Å². The lowest BCUT2D eigenvalue weighted by Crippen LogP contribution is -2.23. The van der Waals surface area contributed by atoms with E-state index >= 15 is 0 Å². The highest BCUT2D eigenvalue weighted by molar-refractivity contribution is 5.94. The van der Waals surface area contributed by atoms with E-state index in [2.05, 4.69) is 20.6 Å². The van der Waals surface area contributed by atoms with Gasteiger partial charge in [-0.1, -0.05) is 35.5 Å². The van der Waals surface area contributed by atoms with Crippen molar-refractivity contribution in [2.45, 2.75) is 13.5 Å². The summed E-state index contributed by atoms with van der Waals surface area (Å²) in [7, 11) is 0. The molecule has 0 aliphatic carbocycles. The lowest BCUT2D eigenvalue weighted by atomic mass is 10.1. The predicted molar refractivity (Wildman–Crippen MR) is 99.0 cm³/mol. The van der Waals surface area contributed by atoms with E-state index in [0.29, 0.717) is 17.8 Å². The van der Waals surface area contributed by atoms with Crippen molar-refractivity contribution >= 4 is 17.1 Å². The number of hydrogen-bond acceptors (Lipinski definition) is 4. The van der Waals surface area contributed by atoms with Crippen molar-refractivity contribution in [2.24, 2.45) is 0 Å². The van der Waals surface area contributed by atoms with Crippen LogP contribution in [-0.2, 0) is 6.54 Å². The summed E-state index contributed by atoms with van der Waals surface area (Å²) >= 11 is 0. The molecule has 0 aliphatic rings. The van der Waals surface area contributed by atoms with Gasteiger partial charge in [-0.05, 0) is 48.4 Å². The molecular weight excluding hydrogens is 326 g/mol. The smallest absolute Gasteiger partial charge is 0.251 e. The molecular formula is C20H17N5O. The van der Waals surface area contributed by atoms with Gasteiger partial charge < -0.3 is 5.32 Å². The monoisotopic (exact) mass is 343 g/mol. The predicted octanol–water partition coefficient (Wildman–Crippen LogP) is 3.05. The molecule has 0 radical (unpaired) electrons. The van der Waals surface area contributed by atoms with Crippen LogP contribution in [0.1, 0.15) is 21.5 Å². The summed E-state index contributed by atoms with van der Waals surface area (Å²) < 4.78 is 1.69. The van der Waals surface area contributed by atoms with Crippen molar-refractivity contribution in [1.29, 1.82) is 0 Å². The number of carbonyl (C=O) groups is 1. The van der Waals surface area contributed by atoms with Crippen LogP contribution >= 0.6 is 0 Å². The minimum Gasteiger partial charge on any atom is -0.348 e. The van der Waals surface area contributed by atoms with Crippen LogP contribution in [0.25, 0.3) is 16.9 Å². The van der Waals surface area contributed by atoms with E-state index in [1.807, 2.05) is 61.5 Å². The Bertz CT molecular complexity index is 1070. The number of rotatable bonds is 4. The standard InChI is InChI=1S/C20H17N5O/c1-14-12-16(20(26)22-13-15-6-3-2-4-7-15)9-10-18(14)25-19-17(23-24-25)8-5-11-21-19/h2-12H,13H2,1H3,(H,22,26).